The highest BCUT2D eigenvalue weighted by Gasteiger charge is 2.09. The lowest BCUT2D eigenvalue weighted by atomic mass is 10.1. The summed E-state index contributed by atoms with van der Waals surface area (Å²) in [5.74, 6) is 0. The summed E-state index contributed by atoms with van der Waals surface area (Å²) in [6.45, 7) is 0.422. The number of aliphatic hydroxyl groups excluding tert-OH is 1. The number of halogens is 1. The molecule has 0 bridgehead atoms. The maximum absolute atomic E-state index is 9.85. The summed E-state index contributed by atoms with van der Waals surface area (Å²) in [7, 11) is 0. The van der Waals surface area contributed by atoms with E-state index in [-0.39, 0.29) is 0 Å². The molecule has 0 aliphatic heterocycles. The van der Waals surface area contributed by atoms with Crippen molar-refractivity contribution in [3.05, 3.63) is 47.5 Å². The molecule has 5 heteroatoms. The van der Waals surface area contributed by atoms with Gasteiger partial charge in [0.05, 0.1) is 12.6 Å². The molecule has 1 N–H and O–H groups in total. The van der Waals surface area contributed by atoms with E-state index in [0.717, 1.165) is 5.56 Å². The summed E-state index contributed by atoms with van der Waals surface area (Å²) in [4.78, 5) is 3.81. The largest absolute Gasteiger partial charge is 0.391 e. The van der Waals surface area contributed by atoms with Gasteiger partial charge >= 0.3 is 0 Å². The molecule has 2 rings (SSSR count). The number of nitrogens with zero attached hydrogens (tertiary/aromatic N) is 3. The molecule has 1 aromatic carbocycles. The van der Waals surface area contributed by atoms with Gasteiger partial charge in [0.1, 0.15) is 12.7 Å². The summed E-state index contributed by atoms with van der Waals surface area (Å²) in [5.41, 5.74) is 0.941. The van der Waals surface area contributed by atoms with Crippen molar-refractivity contribution in [2.45, 2.75) is 19.1 Å². The van der Waals surface area contributed by atoms with Gasteiger partial charge in [-0.1, -0.05) is 29.8 Å². The molecular weight excluding hydrogens is 226 g/mol. The monoisotopic (exact) mass is 237 g/mol. The van der Waals surface area contributed by atoms with Crippen LogP contribution in [0.3, 0.4) is 0 Å². The van der Waals surface area contributed by atoms with Gasteiger partial charge in [-0.15, -0.1) is 0 Å². The average molecular weight is 238 g/mol. The Morgan fingerprint density at radius 1 is 1.38 bits per heavy atom. The van der Waals surface area contributed by atoms with Crippen LogP contribution in [-0.2, 0) is 13.0 Å². The van der Waals surface area contributed by atoms with Gasteiger partial charge in [-0.3, -0.25) is 4.68 Å². The van der Waals surface area contributed by atoms with Crippen molar-refractivity contribution in [2.24, 2.45) is 0 Å². The number of aromatic nitrogens is 3. The van der Waals surface area contributed by atoms with Crippen molar-refractivity contribution in [3.8, 4) is 0 Å². The quantitative estimate of drug-likeness (QED) is 0.878. The molecule has 0 saturated heterocycles. The fraction of sp³-hybridized carbons (Fsp3) is 0.273. The normalized spacial score (nSPS) is 12.6. The zero-order valence-corrected chi connectivity index (χ0v) is 9.38. The predicted octanol–water partition coefficient (Wildman–Crippen LogP) is 1.54. The minimum Gasteiger partial charge on any atom is -0.391 e. The minimum atomic E-state index is -0.512. The van der Waals surface area contributed by atoms with Crippen LogP contribution in [0.15, 0.2) is 36.9 Å². The Morgan fingerprint density at radius 3 is 2.88 bits per heavy atom. The van der Waals surface area contributed by atoms with Gasteiger partial charge in [-0.25, -0.2) is 4.98 Å². The summed E-state index contributed by atoms with van der Waals surface area (Å²) >= 11 is 6.00. The molecule has 16 heavy (non-hydrogen) atoms. The van der Waals surface area contributed by atoms with Gasteiger partial charge in [-0.2, -0.15) is 5.10 Å². The van der Waals surface area contributed by atoms with E-state index >= 15 is 0 Å². The smallest absolute Gasteiger partial charge is 0.137 e. The number of aliphatic hydroxyl groups is 1. The molecule has 0 amide bonds. The van der Waals surface area contributed by atoms with E-state index in [1.165, 1.54) is 6.33 Å². The Morgan fingerprint density at radius 2 is 2.19 bits per heavy atom. The first kappa shape index (κ1) is 11.1. The minimum absolute atomic E-state index is 0.422. The zero-order valence-electron chi connectivity index (χ0n) is 8.62. The number of hydrogen-bond donors (Lipinski definition) is 1. The van der Waals surface area contributed by atoms with Crippen molar-refractivity contribution in [2.75, 3.05) is 0 Å². The van der Waals surface area contributed by atoms with E-state index < -0.39 is 6.10 Å². The molecule has 0 aliphatic rings. The Balaban J connectivity index is 1.97. The molecule has 2 aromatic rings. The van der Waals surface area contributed by atoms with Crippen LogP contribution in [0.1, 0.15) is 5.56 Å². The van der Waals surface area contributed by atoms with Crippen LogP contribution in [0, 0.1) is 0 Å². The SMILES string of the molecule is OC(Cc1ccccc1Cl)Cn1cncn1. The maximum atomic E-state index is 9.85. The first-order chi connectivity index (χ1) is 7.75. The molecule has 1 heterocycles. The summed E-state index contributed by atoms with van der Waals surface area (Å²) < 4.78 is 1.60. The third-order valence-corrected chi connectivity index (χ3v) is 2.65. The molecule has 1 atom stereocenters. The van der Waals surface area contributed by atoms with Crippen LogP contribution < -0.4 is 0 Å². The molecule has 0 radical (unpaired) electrons. The van der Waals surface area contributed by atoms with E-state index in [2.05, 4.69) is 10.1 Å². The first-order valence-electron chi connectivity index (χ1n) is 4.99. The van der Waals surface area contributed by atoms with Crippen molar-refractivity contribution in [3.63, 3.8) is 0 Å². The van der Waals surface area contributed by atoms with Crippen molar-refractivity contribution in [1.29, 1.82) is 0 Å². The second kappa shape index (κ2) is 5.09. The van der Waals surface area contributed by atoms with Gasteiger partial charge in [0.2, 0.25) is 0 Å². The van der Waals surface area contributed by atoms with E-state index in [0.29, 0.717) is 18.0 Å². The van der Waals surface area contributed by atoms with Crippen molar-refractivity contribution < 1.29 is 5.11 Å². The fourth-order valence-corrected chi connectivity index (χ4v) is 1.74. The topological polar surface area (TPSA) is 50.9 Å². The van der Waals surface area contributed by atoms with Crippen LogP contribution in [-0.4, -0.2) is 26.0 Å². The van der Waals surface area contributed by atoms with Crippen LogP contribution >= 0.6 is 11.6 Å². The predicted molar refractivity (Wildman–Crippen MR) is 61.2 cm³/mol. The summed E-state index contributed by atoms with van der Waals surface area (Å²) in [5, 5.41) is 14.5. The highest BCUT2D eigenvalue weighted by molar-refractivity contribution is 6.31. The first-order valence-corrected chi connectivity index (χ1v) is 5.37. The molecule has 0 spiro atoms. The van der Waals surface area contributed by atoms with Crippen LogP contribution in [0.2, 0.25) is 5.02 Å². The average Bonchev–Trinajstić information content (AvgIpc) is 2.74. The van der Waals surface area contributed by atoms with E-state index in [1.807, 2.05) is 24.3 Å². The highest BCUT2D eigenvalue weighted by atomic mass is 35.5. The van der Waals surface area contributed by atoms with E-state index in [1.54, 1.807) is 11.0 Å². The molecule has 84 valence electrons. The highest BCUT2D eigenvalue weighted by Crippen LogP contribution is 2.16. The molecule has 0 fully saturated rings. The van der Waals surface area contributed by atoms with Crippen molar-refractivity contribution >= 4 is 11.6 Å². The standard InChI is InChI=1S/C11H12ClN3O/c12-11-4-2-1-3-9(11)5-10(16)6-15-8-13-7-14-15/h1-4,7-8,10,16H,5-6H2. The second-order valence-corrected chi connectivity index (χ2v) is 3.97. The molecule has 1 unspecified atom stereocenters. The van der Waals surface area contributed by atoms with E-state index in [4.69, 9.17) is 11.6 Å². The maximum Gasteiger partial charge on any atom is 0.137 e. The van der Waals surface area contributed by atoms with Crippen LogP contribution in [0.4, 0.5) is 0 Å². The lowest BCUT2D eigenvalue weighted by molar-refractivity contribution is 0.149. The molecule has 1 aromatic heterocycles. The van der Waals surface area contributed by atoms with Gasteiger partial charge in [0.15, 0.2) is 0 Å². The Kier molecular flexibility index (Phi) is 3.54. The number of hydrogen-bond acceptors (Lipinski definition) is 3. The second-order valence-electron chi connectivity index (χ2n) is 3.57. The molecule has 0 aliphatic carbocycles. The van der Waals surface area contributed by atoms with Gasteiger partial charge in [0.25, 0.3) is 0 Å². The Hall–Kier alpha value is -1.39. The third kappa shape index (κ3) is 2.81. The van der Waals surface area contributed by atoms with Gasteiger partial charge in [-0.05, 0) is 11.6 Å². The van der Waals surface area contributed by atoms with E-state index in [9.17, 15) is 5.11 Å². The zero-order chi connectivity index (χ0) is 11.4. The molecular formula is C11H12ClN3O. The van der Waals surface area contributed by atoms with Gasteiger partial charge < -0.3 is 5.11 Å². The Bertz CT molecular complexity index is 444. The van der Waals surface area contributed by atoms with Gasteiger partial charge in [0, 0.05) is 11.4 Å². The van der Waals surface area contributed by atoms with Crippen LogP contribution in [0.5, 0.6) is 0 Å². The lowest BCUT2D eigenvalue weighted by Crippen LogP contribution is -2.19. The number of benzene rings is 1. The fourth-order valence-electron chi connectivity index (χ4n) is 1.53. The lowest BCUT2D eigenvalue weighted by Gasteiger charge is -2.11. The van der Waals surface area contributed by atoms with Crippen molar-refractivity contribution in [1.82, 2.24) is 14.8 Å². The van der Waals surface area contributed by atoms with Crippen LogP contribution in [0.25, 0.3) is 0 Å². The summed E-state index contributed by atoms with van der Waals surface area (Å²) in [6.07, 6.45) is 3.03. The summed E-state index contributed by atoms with van der Waals surface area (Å²) in [6, 6.07) is 7.50. The molecule has 0 saturated carbocycles. The molecule has 4 nitrogen and oxygen atoms in total. The third-order valence-electron chi connectivity index (χ3n) is 2.28. The Labute approximate surface area is 98.5 Å². The number of rotatable bonds is 4.